The van der Waals surface area contributed by atoms with Gasteiger partial charge in [0.2, 0.25) is 17.6 Å². The Morgan fingerprint density at radius 3 is 2.61 bits per heavy atom. The molecular weight excluding hydrogens is 388 g/mol. The Morgan fingerprint density at radius 1 is 1.03 bits per heavy atom. The minimum Gasteiger partial charge on any atom is -0.341 e. The molecule has 2 fully saturated rings. The molecule has 2 aromatic heterocycles. The molecule has 1 aliphatic carbocycles. The summed E-state index contributed by atoms with van der Waals surface area (Å²) < 4.78 is 5.70. The minimum absolute atomic E-state index is 0.0235. The van der Waals surface area contributed by atoms with Gasteiger partial charge in [-0.2, -0.15) is 4.98 Å². The third kappa shape index (κ3) is 4.38. The van der Waals surface area contributed by atoms with Gasteiger partial charge in [0, 0.05) is 43.4 Å². The van der Waals surface area contributed by atoms with Gasteiger partial charge in [-0.25, -0.2) is 0 Å². The lowest BCUT2D eigenvalue weighted by Gasteiger charge is -2.17. The van der Waals surface area contributed by atoms with Gasteiger partial charge in [-0.15, -0.1) is 0 Å². The predicted octanol–water partition coefficient (Wildman–Crippen LogP) is 4.81. The van der Waals surface area contributed by atoms with Crippen LogP contribution >= 0.6 is 0 Å². The van der Waals surface area contributed by atoms with Crippen molar-refractivity contribution in [2.75, 3.05) is 13.1 Å². The molecule has 1 aliphatic heterocycles. The van der Waals surface area contributed by atoms with Gasteiger partial charge in [-0.3, -0.25) is 9.78 Å². The maximum Gasteiger partial charge on any atom is 0.232 e. The number of carbonyl (C=O) groups is 1. The van der Waals surface area contributed by atoms with Gasteiger partial charge in [-0.05, 0) is 24.0 Å². The first-order chi connectivity index (χ1) is 15.3. The van der Waals surface area contributed by atoms with Crippen molar-refractivity contribution in [3.63, 3.8) is 0 Å². The molecule has 3 heterocycles. The summed E-state index contributed by atoms with van der Waals surface area (Å²) in [6, 6.07) is 13.9. The molecule has 2 aliphatic rings. The topological polar surface area (TPSA) is 72.1 Å². The molecule has 160 valence electrons. The standard InChI is InChI=1S/C25H28N4O2/c30-23(13-12-18-7-4-5-8-18)29-16-21(20-11-6-14-26-15-20)22(17-29)25-27-24(28-31-25)19-9-2-1-3-10-19/h1-3,6,9-11,14-15,18,21-22H,4-5,7-8,12-13,16-17H2/t21-,22+/m0/s1. The average molecular weight is 417 g/mol. The van der Waals surface area contributed by atoms with E-state index >= 15 is 0 Å². The maximum absolute atomic E-state index is 13.0. The Bertz CT molecular complexity index is 999. The van der Waals surface area contributed by atoms with Crippen molar-refractivity contribution in [1.82, 2.24) is 20.0 Å². The molecule has 3 aromatic rings. The van der Waals surface area contributed by atoms with Crippen molar-refractivity contribution in [2.24, 2.45) is 5.92 Å². The summed E-state index contributed by atoms with van der Waals surface area (Å²) in [6.07, 6.45) is 10.5. The van der Waals surface area contributed by atoms with E-state index in [1.807, 2.05) is 47.5 Å². The zero-order valence-electron chi connectivity index (χ0n) is 17.7. The number of benzene rings is 1. The first-order valence-electron chi connectivity index (χ1n) is 11.3. The number of aromatic nitrogens is 3. The van der Waals surface area contributed by atoms with Crippen molar-refractivity contribution >= 4 is 5.91 Å². The lowest BCUT2D eigenvalue weighted by molar-refractivity contribution is -0.130. The molecule has 1 aromatic carbocycles. The number of nitrogens with zero attached hydrogens (tertiary/aromatic N) is 4. The number of amides is 1. The second-order valence-electron chi connectivity index (χ2n) is 8.81. The molecule has 31 heavy (non-hydrogen) atoms. The van der Waals surface area contributed by atoms with Crippen LogP contribution in [0.3, 0.4) is 0 Å². The molecule has 5 rings (SSSR count). The van der Waals surface area contributed by atoms with Gasteiger partial charge in [0.25, 0.3) is 0 Å². The van der Waals surface area contributed by atoms with Crippen molar-refractivity contribution in [3.8, 4) is 11.4 Å². The van der Waals surface area contributed by atoms with Gasteiger partial charge < -0.3 is 9.42 Å². The van der Waals surface area contributed by atoms with Gasteiger partial charge in [0.15, 0.2) is 0 Å². The summed E-state index contributed by atoms with van der Waals surface area (Å²) in [5.74, 6) is 2.23. The number of hydrogen-bond donors (Lipinski definition) is 0. The fraction of sp³-hybridized carbons (Fsp3) is 0.440. The molecular formula is C25H28N4O2. The molecule has 1 amide bonds. The van der Waals surface area contributed by atoms with Crippen molar-refractivity contribution in [1.29, 1.82) is 0 Å². The fourth-order valence-corrected chi connectivity index (χ4v) is 5.07. The summed E-state index contributed by atoms with van der Waals surface area (Å²) in [4.78, 5) is 24.0. The lowest BCUT2D eigenvalue weighted by Crippen LogP contribution is -2.29. The summed E-state index contributed by atoms with van der Waals surface area (Å²) in [6.45, 7) is 1.28. The van der Waals surface area contributed by atoms with E-state index in [0.29, 0.717) is 31.2 Å². The van der Waals surface area contributed by atoms with E-state index < -0.39 is 0 Å². The Labute approximate surface area is 182 Å². The van der Waals surface area contributed by atoms with Crippen LogP contribution in [0.25, 0.3) is 11.4 Å². The van der Waals surface area contributed by atoms with Gasteiger partial charge >= 0.3 is 0 Å². The largest absolute Gasteiger partial charge is 0.341 e. The van der Waals surface area contributed by atoms with Crippen LogP contribution in [0, 0.1) is 5.92 Å². The molecule has 0 unspecified atom stereocenters. The fourth-order valence-electron chi connectivity index (χ4n) is 5.07. The zero-order chi connectivity index (χ0) is 21.0. The molecule has 0 radical (unpaired) electrons. The van der Waals surface area contributed by atoms with E-state index in [2.05, 4.69) is 16.2 Å². The van der Waals surface area contributed by atoms with E-state index in [1.165, 1.54) is 25.7 Å². The van der Waals surface area contributed by atoms with Crippen molar-refractivity contribution in [3.05, 3.63) is 66.3 Å². The second-order valence-corrected chi connectivity index (χ2v) is 8.81. The van der Waals surface area contributed by atoms with Gasteiger partial charge in [0.05, 0.1) is 5.92 Å². The van der Waals surface area contributed by atoms with Crippen LogP contribution in [0.4, 0.5) is 0 Å². The van der Waals surface area contributed by atoms with Crippen LogP contribution in [0.1, 0.15) is 61.8 Å². The quantitative estimate of drug-likeness (QED) is 0.576. The van der Waals surface area contributed by atoms with E-state index in [9.17, 15) is 4.79 Å². The maximum atomic E-state index is 13.0. The Hall–Kier alpha value is -3.02. The second kappa shape index (κ2) is 9.00. The molecule has 0 bridgehead atoms. The van der Waals surface area contributed by atoms with Crippen LogP contribution in [-0.2, 0) is 4.79 Å². The normalized spacial score (nSPS) is 21.6. The monoisotopic (exact) mass is 416 g/mol. The van der Waals surface area contributed by atoms with Crippen molar-refractivity contribution < 1.29 is 9.32 Å². The minimum atomic E-state index is -0.0235. The van der Waals surface area contributed by atoms with E-state index in [4.69, 9.17) is 9.51 Å². The number of pyridine rings is 1. The summed E-state index contributed by atoms with van der Waals surface area (Å²) in [5.41, 5.74) is 2.04. The van der Waals surface area contributed by atoms with Gasteiger partial charge in [0.1, 0.15) is 0 Å². The third-order valence-electron chi connectivity index (χ3n) is 6.82. The zero-order valence-corrected chi connectivity index (χ0v) is 17.7. The third-order valence-corrected chi connectivity index (χ3v) is 6.82. The van der Waals surface area contributed by atoms with E-state index in [0.717, 1.165) is 23.5 Å². The summed E-state index contributed by atoms with van der Waals surface area (Å²) in [7, 11) is 0. The van der Waals surface area contributed by atoms with Crippen LogP contribution in [-0.4, -0.2) is 39.0 Å². The van der Waals surface area contributed by atoms with Gasteiger partial charge in [-0.1, -0.05) is 67.2 Å². The number of carbonyl (C=O) groups excluding carboxylic acids is 1. The highest BCUT2D eigenvalue weighted by molar-refractivity contribution is 5.76. The van der Waals surface area contributed by atoms with Crippen LogP contribution in [0.15, 0.2) is 59.4 Å². The Kier molecular flexibility index (Phi) is 5.78. The highest BCUT2D eigenvalue weighted by atomic mass is 16.5. The van der Waals surface area contributed by atoms with Crippen molar-refractivity contribution in [2.45, 2.75) is 50.4 Å². The number of likely N-dealkylation sites (tertiary alicyclic amines) is 1. The molecule has 6 heteroatoms. The van der Waals surface area contributed by atoms with Crippen LogP contribution < -0.4 is 0 Å². The lowest BCUT2D eigenvalue weighted by atomic mass is 9.90. The van der Waals surface area contributed by atoms with Crippen LogP contribution in [0.2, 0.25) is 0 Å². The van der Waals surface area contributed by atoms with E-state index in [1.54, 1.807) is 6.20 Å². The Morgan fingerprint density at radius 2 is 1.84 bits per heavy atom. The number of hydrogen-bond acceptors (Lipinski definition) is 5. The highest BCUT2D eigenvalue weighted by Gasteiger charge is 2.40. The smallest absolute Gasteiger partial charge is 0.232 e. The predicted molar refractivity (Wildman–Crippen MR) is 117 cm³/mol. The van der Waals surface area contributed by atoms with E-state index in [-0.39, 0.29) is 17.7 Å². The first kappa shape index (κ1) is 19.9. The molecule has 6 nitrogen and oxygen atoms in total. The first-order valence-corrected chi connectivity index (χ1v) is 11.3. The molecule has 0 spiro atoms. The average Bonchev–Trinajstić information content (AvgIpc) is 3.59. The summed E-state index contributed by atoms with van der Waals surface area (Å²) in [5, 5.41) is 4.21. The number of rotatable bonds is 6. The highest BCUT2D eigenvalue weighted by Crippen LogP contribution is 2.40. The van der Waals surface area contributed by atoms with Crippen LogP contribution in [0.5, 0.6) is 0 Å². The summed E-state index contributed by atoms with van der Waals surface area (Å²) >= 11 is 0. The Balaban J connectivity index is 1.35. The molecule has 1 saturated carbocycles. The molecule has 0 N–H and O–H groups in total. The molecule has 2 atom stereocenters. The molecule has 1 saturated heterocycles. The SMILES string of the molecule is O=C(CCC1CCCC1)N1C[C@@H](c2cccnc2)[C@H](c2nc(-c3ccccc3)no2)C1.